The first kappa shape index (κ1) is 14.8. The molecule has 104 valence electrons. The molecule has 5 nitrogen and oxygen atoms in total. The van der Waals surface area contributed by atoms with Gasteiger partial charge >= 0.3 is 12.0 Å². The molecule has 0 atom stereocenters. The fourth-order valence-corrected chi connectivity index (χ4v) is 2.27. The molecule has 0 unspecified atom stereocenters. The summed E-state index contributed by atoms with van der Waals surface area (Å²) in [5, 5.41) is 2.99. The van der Waals surface area contributed by atoms with Crippen LogP contribution in [0.2, 0.25) is 0 Å². The quantitative estimate of drug-likeness (QED) is 0.780. The minimum Gasteiger partial charge on any atom is -0.466 e. The van der Waals surface area contributed by atoms with Crippen molar-refractivity contribution in [3.63, 3.8) is 0 Å². The molecular formula is C13H24N2O3. The Morgan fingerprint density at radius 3 is 2.33 bits per heavy atom. The Labute approximate surface area is 109 Å². The Morgan fingerprint density at radius 1 is 1.22 bits per heavy atom. The van der Waals surface area contributed by atoms with Gasteiger partial charge in [-0.15, -0.1) is 0 Å². The lowest BCUT2D eigenvalue weighted by Crippen LogP contribution is -2.43. The van der Waals surface area contributed by atoms with Crippen molar-refractivity contribution in [3.8, 4) is 0 Å². The van der Waals surface area contributed by atoms with Crippen molar-refractivity contribution in [1.82, 2.24) is 10.2 Å². The molecule has 1 rings (SSSR count). The summed E-state index contributed by atoms with van der Waals surface area (Å²) in [6.45, 7) is 2.28. The molecule has 0 aromatic heterocycles. The van der Waals surface area contributed by atoms with Crippen LogP contribution in [0.4, 0.5) is 4.79 Å². The highest BCUT2D eigenvalue weighted by Gasteiger charge is 2.24. The standard InChI is InChI=1S/C13H24N2O3/c1-4-18-12(16)9-10-5-7-11(8-6-10)14-13(17)15(2)3/h10-11H,4-9H2,1-3H3,(H,14,17)/t10-,11-. The third-order valence-corrected chi connectivity index (χ3v) is 3.34. The summed E-state index contributed by atoms with van der Waals surface area (Å²) >= 11 is 0. The molecule has 0 aliphatic heterocycles. The van der Waals surface area contributed by atoms with Crippen LogP contribution < -0.4 is 5.32 Å². The molecule has 18 heavy (non-hydrogen) atoms. The predicted octanol–water partition coefficient (Wildman–Crippen LogP) is 1.77. The Bertz CT molecular complexity index is 284. The fraction of sp³-hybridized carbons (Fsp3) is 0.846. The third-order valence-electron chi connectivity index (χ3n) is 3.34. The maximum atomic E-state index is 11.5. The molecule has 1 aliphatic carbocycles. The van der Waals surface area contributed by atoms with Gasteiger partial charge in [0.15, 0.2) is 0 Å². The zero-order chi connectivity index (χ0) is 13.5. The van der Waals surface area contributed by atoms with Gasteiger partial charge in [-0.2, -0.15) is 0 Å². The lowest BCUT2D eigenvalue weighted by Gasteiger charge is -2.29. The zero-order valence-electron chi connectivity index (χ0n) is 11.6. The van der Waals surface area contributed by atoms with Gasteiger partial charge in [0.1, 0.15) is 0 Å². The van der Waals surface area contributed by atoms with Gasteiger partial charge in [0.25, 0.3) is 0 Å². The molecule has 0 spiro atoms. The molecule has 0 radical (unpaired) electrons. The van der Waals surface area contributed by atoms with Crippen LogP contribution in [0.15, 0.2) is 0 Å². The largest absolute Gasteiger partial charge is 0.466 e. The van der Waals surface area contributed by atoms with Crippen LogP contribution in [0.5, 0.6) is 0 Å². The predicted molar refractivity (Wildman–Crippen MR) is 69.2 cm³/mol. The smallest absolute Gasteiger partial charge is 0.317 e. The van der Waals surface area contributed by atoms with Gasteiger partial charge in [-0.25, -0.2) is 4.79 Å². The number of nitrogens with one attached hydrogen (secondary N) is 1. The summed E-state index contributed by atoms with van der Waals surface area (Å²) in [4.78, 5) is 24.4. The van der Waals surface area contributed by atoms with Gasteiger partial charge < -0.3 is 15.0 Å². The molecule has 1 aliphatic rings. The van der Waals surface area contributed by atoms with E-state index in [1.165, 1.54) is 0 Å². The van der Waals surface area contributed by atoms with Gasteiger partial charge in [-0.1, -0.05) is 0 Å². The first-order chi connectivity index (χ1) is 8.52. The van der Waals surface area contributed by atoms with Crippen LogP contribution in [-0.2, 0) is 9.53 Å². The summed E-state index contributed by atoms with van der Waals surface area (Å²) in [7, 11) is 3.48. The van der Waals surface area contributed by atoms with E-state index in [-0.39, 0.29) is 18.0 Å². The summed E-state index contributed by atoms with van der Waals surface area (Å²) in [5.74, 6) is 0.315. The van der Waals surface area contributed by atoms with Crippen molar-refractivity contribution < 1.29 is 14.3 Å². The van der Waals surface area contributed by atoms with E-state index in [2.05, 4.69) is 5.32 Å². The highest BCUT2D eigenvalue weighted by Crippen LogP contribution is 2.27. The molecule has 5 heteroatoms. The lowest BCUT2D eigenvalue weighted by molar-refractivity contribution is -0.144. The Balaban J connectivity index is 2.24. The van der Waals surface area contributed by atoms with Gasteiger partial charge in [-0.05, 0) is 38.5 Å². The monoisotopic (exact) mass is 256 g/mol. The van der Waals surface area contributed by atoms with Crippen molar-refractivity contribution in [2.75, 3.05) is 20.7 Å². The summed E-state index contributed by atoms with van der Waals surface area (Å²) < 4.78 is 4.95. The second kappa shape index (κ2) is 7.24. The normalized spacial score (nSPS) is 23.3. The highest BCUT2D eigenvalue weighted by molar-refractivity contribution is 5.73. The van der Waals surface area contributed by atoms with Crippen LogP contribution in [0.3, 0.4) is 0 Å². The van der Waals surface area contributed by atoms with Gasteiger partial charge in [0, 0.05) is 26.6 Å². The number of ether oxygens (including phenoxy) is 1. The Morgan fingerprint density at radius 2 is 1.83 bits per heavy atom. The minimum atomic E-state index is -0.0988. The number of hydrogen-bond donors (Lipinski definition) is 1. The van der Waals surface area contributed by atoms with E-state index in [0.717, 1.165) is 25.7 Å². The number of rotatable bonds is 4. The van der Waals surface area contributed by atoms with Crippen molar-refractivity contribution >= 4 is 12.0 Å². The lowest BCUT2D eigenvalue weighted by atomic mass is 9.84. The zero-order valence-corrected chi connectivity index (χ0v) is 11.6. The number of nitrogens with zero attached hydrogens (tertiary/aromatic N) is 1. The van der Waals surface area contributed by atoms with Crippen LogP contribution in [-0.4, -0.2) is 43.6 Å². The second-order valence-electron chi connectivity index (χ2n) is 5.07. The van der Waals surface area contributed by atoms with Crippen LogP contribution >= 0.6 is 0 Å². The topological polar surface area (TPSA) is 58.6 Å². The first-order valence-corrected chi connectivity index (χ1v) is 6.66. The third kappa shape index (κ3) is 4.94. The molecule has 0 aromatic rings. The van der Waals surface area contributed by atoms with E-state index in [0.29, 0.717) is 18.9 Å². The number of esters is 1. The molecular weight excluding hydrogens is 232 g/mol. The van der Waals surface area contributed by atoms with Crippen LogP contribution in [0.25, 0.3) is 0 Å². The Kier molecular flexibility index (Phi) is 5.95. The molecule has 0 bridgehead atoms. The SMILES string of the molecule is CCOC(=O)C[C@H]1CC[C@H](NC(=O)N(C)C)CC1. The van der Waals surface area contributed by atoms with Crippen molar-refractivity contribution in [1.29, 1.82) is 0 Å². The van der Waals surface area contributed by atoms with Gasteiger partial charge in [-0.3, -0.25) is 4.79 Å². The minimum absolute atomic E-state index is 0.0381. The molecule has 0 heterocycles. The van der Waals surface area contributed by atoms with E-state index < -0.39 is 0 Å². The maximum absolute atomic E-state index is 11.5. The maximum Gasteiger partial charge on any atom is 0.317 e. The van der Waals surface area contributed by atoms with Gasteiger partial charge in [0.05, 0.1) is 6.61 Å². The van der Waals surface area contributed by atoms with Gasteiger partial charge in [0.2, 0.25) is 0 Å². The number of amides is 2. The summed E-state index contributed by atoms with van der Waals surface area (Å²) in [5.41, 5.74) is 0. The second-order valence-corrected chi connectivity index (χ2v) is 5.07. The molecule has 1 saturated carbocycles. The molecule has 1 N–H and O–H groups in total. The van der Waals surface area contributed by atoms with E-state index in [4.69, 9.17) is 4.74 Å². The molecule has 0 saturated heterocycles. The molecule has 1 fully saturated rings. The van der Waals surface area contributed by atoms with E-state index in [1.54, 1.807) is 19.0 Å². The summed E-state index contributed by atoms with van der Waals surface area (Å²) in [6.07, 6.45) is 4.38. The number of carbonyl (C=O) groups excluding carboxylic acids is 2. The van der Waals surface area contributed by atoms with Crippen molar-refractivity contribution in [3.05, 3.63) is 0 Å². The average Bonchev–Trinajstić information content (AvgIpc) is 2.31. The molecule has 2 amide bonds. The fourth-order valence-electron chi connectivity index (χ4n) is 2.27. The average molecular weight is 256 g/mol. The van der Waals surface area contributed by atoms with E-state index >= 15 is 0 Å². The van der Waals surface area contributed by atoms with E-state index in [9.17, 15) is 9.59 Å². The number of carbonyl (C=O) groups is 2. The van der Waals surface area contributed by atoms with E-state index in [1.807, 2.05) is 6.92 Å². The van der Waals surface area contributed by atoms with Crippen LogP contribution in [0, 0.1) is 5.92 Å². The van der Waals surface area contributed by atoms with Crippen molar-refractivity contribution in [2.45, 2.75) is 45.1 Å². The first-order valence-electron chi connectivity index (χ1n) is 6.66. The summed E-state index contributed by atoms with van der Waals surface area (Å²) in [6, 6.07) is 0.210. The number of urea groups is 1. The van der Waals surface area contributed by atoms with Crippen LogP contribution in [0.1, 0.15) is 39.0 Å². The molecule has 0 aromatic carbocycles. The number of hydrogen-bond acceptors (Lipinski definition) is 3. The highest BCUT2D eigenvalue weighted by atomic mass is 16.5. The Hall–Kier alpha value is -1.26. The van der Waals surface area contributed by atoms with Crippen molar-refractivity contribution in [2.24, 2.45) is 5.92 Å².